The first kappa shape index (κ1) is 20.9. The minimum absolute atomic E-state index is 0.0344. The number of ether oxygens (including phenoxy) is 1. The van der Waals surface area contributed by atoms with E-state index < -0.39 is 6.10 Å². The Kier molecular flexibility index (Phi) is 6.50. The molecule has 2 amide bonds. The second kappa shape index (κ2) is 9.64. The van der Waals surface area contributed by atoms with Gasteiger partial charge < -0.3 is 19.8 Å². The average Bonchev–Trinajstić information content (AvgIpc) is 3.31. The number of methoxy groups -OCH3 is 1. The number of oxime groups is 1. The van der Waals surface area contributed by atoms with Gasteiger partial charge in [-0.25, -0.2) is 0 Å². The Hall–Kier alpha value is -3.35. The summed E-state index contributed by atoms with van der Waals surface area (Å²) in [6.07, 6.45) is 1.63. The molecule has 31 heavy (non-hydrogen) atoms. The fourth-order valence-corrected chi connectivity index (χ4v) is 4.01. The third-order valence-corrected chi connectivity index (χ3v) is 5.80. The molecule has 1 unspecified atom stereocenters. The van der Waals surface area contributed by atoms with Gasteiger partial charge in [-0.3, -0.25) is 9.59 Å². The number of para-hydroxylation sites is 1. The Morgan fingerprint density at radius 3 is 2.55 bits per heavy atom. The van der Waals surface area contributed by atoms with Gasteiger partial charge in [0.1, 0.15) is 5.75 Å². The van der Waals surface area contributed by atoms with Gasteiger partial charge in [-0.05, 0) is 24.5 Å². The molecule has 0 bridgehead atoms. The molecule has 1 fully saturated rings. The van der Waals surface area contributed by atoms with Crippen LogP contribution in [0.3, 0.4) is 0 Å². The number of nitrogens with one attached hydrogen (secondary N) is 1. The molecule has 0 spiro atoms. The molecule has 2 aromatic carbocycles. The van der Waals surface area contributed by atoms with Crippen molar-refractivity contribution in [2.24, 2.45) is 5.16 Å². The van der Waals surface area contributed by atoms with Gasteiger partial charge in [-0.2, -0.15) is 0 Å². The van der Waals surface area contributed by atoms with Gasteiger partial charge in [0.25, 0.3) is 5.91 Å². The van der Waals surface area contributed by atoms with Crippen LogP contribution in [-0.4, -0.2) is 54.8 Å². The van der Waals surface area contributed by atoms with Crippen molar-refractivity contribution in [1.82, 2.24) is 10.2 Å². The molecule has 2 aliphatic heterocycles. The fraction of sp³-hybridized carbons (Fsp3) is 0.375. The Labute approximate surface area is 182 Å². The molecule has 1 N–H and O–H groups in total. The molecule has 0 aliphatic carbocycles. The summed E-state index contributed by atoms with van der Waals surface area (Å²) in [4.78, 5) is 32.5. The van der Waals surface area contributed by atoms with Crippen molar-refractivity contribution in [3.8, 4) is 5.75 Å². The number of likely N-dealkylation sites (tertiary alicyclic amines) is 1. The minimum Gasteiger partial charge on any atom is -0.496 e. The zero-order valence-corrected chi connectivity index (χ0v) is 17.6. The number of amides is 2. The normalized spacial score (nSPS) is 18.8. The van der Waals surface area contributed by atoms with Gasteiger partial charge >= 0.3 is 0 Å². The highest BCUT2D eigenvalue weighted by molar-refractivity contribution is 6.04. The average molecular weight is 421 g/mol. The van der Waals surface area contributed by atoms with Crippen molar-refractivity contribution in [2.45, 2.75) is 37.8 Å². The molecular weight excluding hydrogens is 394 g/mol. The predicted octanol–water partition coefficient (Wildman–Crippen LogP) is 2.54. The summed E-state index contributed by atoms with van der Waals surface area (Å²) in [6.45, 7) is 1.24. The molecular formula is C24H27N3O4. The van der Waals surface area contributed by atoms with Gasteiger partial charge in [0.05, 0.1) is 19.2 Å². The molecule has 2 aromatic rings. The third-order valence-electron chi connectivity index (χ3n) is 5.80. The molecule has 1 atom stereocenters. The van der Waals surface area contributed by atoms with E-state index in [9.17, 15) is 9.59 Å². The number of hydrogen-bond acceptors (Lipinski definition) is 5. The highest BCUT2D eigenvalue weighted by Crippen LogP contribution is 2.21. The summed E-state index contributed by atoms with van der Waals surface area (Å²) in [5, 5.41) is 7.15. The van der Waals surface area contributed by atoms with E-state index in [0.717, 1.165) is 35.4 Å². The van der Waals surface area contributed by atoms with E-state index in [0.29, 0.717) is 25.9 Å². The number of hydrogen-bond donors (Lipinski definition) is 1. The van der Waals surface area contributed by atoms with Crippen LogP contribution in [0.2, 0.25) is 0 Å². The monoisotopic (exact) mass is 421 g/mol. The van der Waals surface area contributed by atoms with Crippen molar-refractivity contribution in [3.63, 3.8) is 0 Å². The van der Waals surface area contributed by atoms with Crippen LogP contribution in [0, 0.1) is 0 Å². The lowest BCUT2D eigenvalue weighted by molar-refractivity contribution is -0.133. The van der Waals surface area contributed by atoms with Crippen LogP contribution in [0.25, 0.3) is 0 Å². The summed E-state index contributed by atoms with van der Waals surface area (Å²) in [5.74, 6) is 0.662. The number of rotatable bonds is 6. The van der Waals surface area contributed by atoms with Gasteiger partial charge in [0, 0.05) is 31.1 Å². The van der Waals surface area contributed by atoms with Gasteiger partial charge in [-0.15, -0.1) is 0 Å². The summed E-state index contributed by atoms with van der Waals surface area (Å²) in [6, 6.07) is 17.3. The van der Waals surface area contributed by atoms with Gasteiger partial charge in [0.2, 0.25) is 12.0 Å². The van der Waals surface area contributed by atoms with Crippen molar-refractivity contribution in [1.29, 1.82) is 0 Å². The third kappa shape index (κ3) is 5.05. The van der Waals surface area contributed by atoms with E-state index in [4.69, 9.17) is 9.57 Å². The lowest BCUT2D eigenvalue weighted by Gasteiger charge is -2.33. The van der Waals surface area contributed by atoms with E-state index in [1.165, 1.54) is 0 Å². The van der Waals surface area contributed by atoms with Crippen molar-refractivity contribution >= 4 is 17.5 Å². The Morgan fingerprint density at radius 2 is 1.81 bits per heavy atom. The zero-order valence-electron chi connectivity index (χ0n) is 17.6. The Balaban J connectivity index is 1.23. The highest BCUT2D eigenvalue weighted by atomic mass is 16.6. The van der Waals surface area contributed by atoms with E-state index in [-0.39, 0.29) is 17.9 Å². The molecule has 7 nitrogen and oxygen atoms in total. The van der Waals surface area contributed by atoms with Crippen LogP contribution in [0.5, 0.6) is 5.75 Å². The van der Waals surface area contributed by atoms with Crippen molar-refractivity contribution in [3.05, 3.63) is 65.7 Å². The standard InChI is InChI=1S/C24H27N3O4/c1-30-21-10-6-5-9-18(21)15-23(28)27-13-11-19(12-14-27)25-24(29)22-16-20(26-31-22)17-7-3-2-4-8-17/h2-10,19,22H,11-16H2,1H3,(H,25,29). The van der Waals surface area contributed by atoms with Crippen LogP contribution >= 0.6 is 0 Å². The maximum Gasteiger partial charge on any atom is 0.264 e. The molecule has 0 saturated carbocycles. The van der Waals surface area contributed by atoms with Crippen LogP contribution < -0.4 is 10.1 Å². The molecule has 2 aliphatic rings. The van der Waals surface area contributed by atoms with Gasteiger partial charge in [-0.1, -0.05) is 53.7 Å². The molecule has 0 aromatic heterocycles. The zero-order chi connectivity index (χ0) is 21.6. The molecule has 162 valence electrons. The quantitative estimate of drug-likeness (QED) is 0.777. The number of benzene rings is 2. The number of carbonyl (C=O) groups is 2. The van der Waals surface area contributed by atoms with Crippen LogP contribution in [0.1, 0.15) is 30.4 Å². The lowest BCUT2D eigenvalue weighted by Crippen LogP contribution is -2.49. The first-order chi connectivity index (χ1) is 15.1. The summed E-state index contributed by atoms with van der Waals surface area (Å²) >= 11 is 0. The second-order valence-electron chi connectivity index (χ2n) is 7.85. The first-order valence-electron chi connectivity index (χ1n) is 10.6. The van der Waals surface area contributed by atoms with E-state index in [1.54, 1.807) is 7.11 Å². The van der Waals surface area contributed by atoms with E-state index in [1.807, 2.05) is 59.5 Å². The molecule has 2 heterocycles. The van der Waals surface area contributed by atoms with Crippen molar-refractivity contribution in [2.75, 3.05) is 20.2 Å². The largest absolute Gasteiger partial charge is 0.496 e. The molecule has 0 radical (unpaired) electrons. The maximum atomic E-state index is 12.7. The topological polar surface area (TPSA) is 80.2 Å². The van der Waals surface area contributed by atoms with Gasteiger partial charge in [0.15, 0.2) is 0 Å². The van der Waals surface area contributed by atoms with Crippen LogP contribution in [0.15, 0.2) is 59.8 Å². The van der Waals surface area contributed by atoms with E-state index >= 15 is 0 Å². The SMILES string of the molecule is COc1ccccc1CC(=O)N1CCC(NC(=O)C2CC(c3ccccc3)=NO2)CC1. The smallest absolute Gasteiger partial charge is 0.264 e. The van der Waals surface area contributed by atoms with E-state index in [2.05, 4.69) is 10.5 Å². The Bertz CT molecular complexity index is 952. The summed E-state index contributed by atoms with van der Waals surface area (Å²) < 4.78 is 5.34. The van der Waals surface area contributed by atoms with Crippen molar-refractivity contribution < 1.29 is 19.2 Å². The predicted molar refractivity (Wildman–Crippen MR) is 117 cm³/mol. The highest BCUT2D eigenvalue weighted by Gasteiger charge is 2.31. The molecule has 4 rings (SSSR count). The number of nitrogens with zero attached hydrogens (tertiary/aromatic N) is 2. The molecule has 1 saturated heterocycles. The Morgan fingerprint density at radius 1 is 1.10 bits per heavy atom. The maximum absolute atomic E-state index is 12.7. The first-order valence-corrected chi connectivity index (χ1v) is 10.6. The molecule has 7 heteroatoms. The summed E-state index contributed by atoms with van der Waals surface area (Å²) in [7, 11) is 1.61. The van der Waals surface area contributed by atoms with Crippen LogP contribution in [-0.2, 0) is 20.8 Å². The second-order valence-corrected chi connectivity index (χ2v) is 7.85. The van der Waals surface area contributed by atoms with Crippen LogP contribution in [0.4, 0.5) is 0 Å². The fourth-order valence-electron chi connectivity index (χ4n) is 4.01. The number of piperidine rings is 1. The number of carbonyl (C=O) groups excluding carboxylic acids is 2. The minimum atomic E-state index is -0.597. The lowest BCUT2D eigenvalue weighted by atomic mass is 10.0. The summed E-state index contributed by atoms with van der Waals surface area (Å²) in [5.41, 5.74) is 2.65.